The van der Waals surface area contributed by atoms with Gasteiger partial charge in [0.05, 0.1) is 29.5 Å². The molecule has 5 nitrogen and oxygen atoms in total. The summed E-state index contributed by atoms with van der Waals surface area (Å²) in [5.74, 6) is 0.0169. The van der Waals surface area contributed by atoms with Gasteiger partial charge in [-0.15, -0.1) is 0 Å². The monoisotopic (exact) mass is 394 g/mol. The van der Waals surface area contributed by atoms with Gasteiger partial charge in [0, 0.05) is 30.7 Å². The van der Waals surface area contributed by atoms with Crippen LogP contribution in [0.3, 0.4) is 0 Å². The molecule has 28 heavy (non-hydrogen) atoms. The molecule has 0 saturated heterocycles. The van der Waals surface area contributed by atoms with Crippen LogP contribution in [0, 0.1) is 0 Å². The molecule has 0 amide bonds. The van der Waals surface area contributed by atoms with Crippen molar-refractivity contribution in [1.29, 1.82) is 0 Å². The van der Waals surface area contributed by atoms with Gasteiger partial charge in [0.1, 0.15) is 0 Å². The lowest BCUT2D eigenvalue weighted by Crippen LogP contribution is -2.29. The van der Waals surface area contributed by atoms with Crippen LogP contribution < -0.4 is 9.80 Å². The Balaban J connectivity index is 1.75. The lowest BCUT2D eigenvalue weighted by Gasteiger charge is -2.23. The fourth-order valence-corrected chi connectivity index (χ4v) is 4.89. The molecule has 6 heteroatoms. The highest BCUT2D eigenvalue weighted by Crippen LogP contribution is 2.50. The number of thioether (sulfide) groups is 1. The molecule has 2 aromatic rings. The van der Waals surface area contributed by atoms with Crippen molar-refractivity contribution in [1.82, 2.24) is 0 Å². The minimum Gasteiger partial charge on any atom is -0.395 e. The molecule has 2 aliphatic rings. The highest BCUT2D eigenvalue weighted by Gasteiger charge is 2.30. The molecule has 2 N–H and O–H groups in total. The predicted octanol–water partition coefficient (Wildman–Crippen LogP) is 2.98. The molecule has 0 aromatic heterocycles. The third-order valence-electron chi connectivity index (χ3n) is 5.03. The van der Waals surface area contributed by atoms with Crippen LogP contribution in [0.15, 0.2) is 58.5 Å². The van der Waals surface area contributed by atoms with Crippen molar-refractivity contribution in [2.24, 2.45) is 0 Å². The highest BCUT2D eigenvalue weighted by molar-refractivity contribution is 8.04. The number of carbonyl (C=O) groups excluding carboxylic acids is 1. The molecule has 144 valence electrons. The third-order valence-corrected chi connectivity index (χ3v) is 6.24. The number of benzene rings is 2. The molecule has 0 spiro atoms. The smallest absolute Gasteiger partial charge is 0.189 e. The van der Waals surface area contributed by atoms with E-state index in [0.717, 1.165) is 38.0 Å². The topological polar surface area (TPSA) is 64.0 Å². The maximum atomic E-state index is 12.7. The van der Waals surface area contributed by atoms with Gasteiger partial charge in [0.2, 0.25) is 0 Å². The van der Waals surface area contributed by atoms with Crippen molar-refractivity contribution >= 4 is 40.6 Å². The number of fused-ring (bicyclic) bond motifs is 2. The summed E-state index contributed by atoms with van der Waals surface area (Å²) in [5, 5.41) is 19.5. The molecule has 0 atom stereocenters. The van der Waals surface area contributed by atoms with Gasteiger partial charge < -0.3 is 20.0 Å². The fourth-order valence-electron chi connectivity index (χ4n) is 3.64. The second-order valence-corrected chi connectivity index (χ2v) is 7.74. The normalized spacial score (nSPS) is 17.7. The van der Waals surface area contributed by atoms with Crippen LogP contribution in [0.5, 0.6) is 0 Å². The standard InChI is InChI=1S/C22H22N2O3S/c1-23-18-8-7-16(24(10-12-25)11-13-26)14-20(18)28-22(23)21-17-5-3-2-4-15(17)6-9-19(21)27/h2-9,14,25-26H,10-13H2,1H3. The van der Waals surface area contributed by atoms with Crippen molar-refractivity contribution < 1.29 is 15.0 Å². The second kappa shape index (κ2) is 7.83. The average molecular weight is 394 g/mol. The molecule has 0 fully saturated rings. The maximum absolute atomic E-state index is 12.7. The van der Waals surface area contributed by atoms with Crippen LogP contribution in [0.2, 0.25) is 0 Å². The molecule has 1 heterocycles. The number of hydrogen-bond acceptors (Lipinski definition) is 6. The number of carbonyl (C=O) groups is 1. The third kappa shape index (κ3) is 3.24. The average Bonchev–Trinajstić information content (AvgIpc) is 3.03. The van der Waals surface area contributed by atoms with E-state index in [1.54, 1.807) is 17.8 Å². The quantitative estimate of drug-likeness (QED) is 0.761. The molecular weight excluding hydrogens is 372 g/mol. The van der Waals surface area contributed by atoms with Crippen LogP contribution in [-0.4, -0.2) is 49.3 Å². The maximum Gasteiger partial charge on any atom is 0.189 e. The summed E-state index contributed by atoms with van der Waals surface area (Å²) in [4.78, 5) is 17.8. The highest BCUT2D eigenvalue weighted by atomic mass is 32.2. The zero-order valence-corrected chi connectivity index (χ0v) is 16.4. The first kappa shape index (κ1) is 18.8. The number of ketones is 1. The van der Waals surface area contributed by atoms with Gasteiger partial charge >= 0.3 is 0 Å². The van der Waals surface area contributed by atoms with Crippen molar-refractivity contribution in [3.05, 3.63) is 64.7 Å². The molecule has 0 radical (unpaired) electrons. The van der Waals surface area contributed by atoms with Crippen molar-refractivity contribution in [2.45, 2.75) is 4.90 Å². The van der Waals surface area contributed by atoms with E-state index in [0.29, 0.717) is 13.1 Å². The van der Waals surface area contributed by atoms with Gasteiger partial charge in [-0.1, -0.05) is 42.1 Å². The number of rotatable bonds is 5. The number of anilines is 2. The molecule has 0 saturated carbocycles. The van der Waals surface area contributed by atoms with E-state index in [2.05, 4.69) is 11.0 Å². The Kier molecular flexibility index (Phi) is 5.26. The van der Waals surface area contributed by atoms with E-state index in [-0.39, 0.29) is 19.0 Å². The summed E-state index contributed by atoms with van der Waals surface area (Å²) in [6.45, 7) is 0.975. The Morgan fingerprint density at radius 2 is 1.79 bits per heavy atom. The Morgan fingerprint density at radius 3 is 2.54 bits per heavy atom. The Morgan fingerprint density at radius 1 is 1.04 bits per heavy atom. The summed E-state index contributed by atoms with van der Waals surface area (Å²) < 4.78 is 0. The SMILES string of the molecule is CN1C(=C2C(=O)C=Cc3ccccc32)Sc2cc(N(CCO)CCO)ccc21. The Hall–Kier alpha value is -2.54. The first-order valence-electron chi connectivity index (χ1n) is 9.22. The van der Waals surface area contributed by atoms with Crippen LogP contribution in [0.1, 0.15) is 11.1 Å². The van der Waals surface area contributed by atoms with Crippen molar-refractivity contribution in [2.75, 3.05) is 43.2 Å². The fraction of sp³-hybridized carbons (Fsp3) is 0.227. The zero-order chi connectivity index (χ0) is 19.7. The van der Waals surface area contributed by atoms with E-state index in [1.807, 2.05) is 54.4 Å². The zero-order valence-electron chi connectivity index (χ0n) is 15.6. The van der Waals surface area contributed by atoms with Crippen LogP contribution in [0.25, 0.3) is 11.6 Å². The molecular formula is C22H22N2O3S. The largest absolute Gasteiger partial charge is 0.395 e. The van der Waals surface area contributed by atoms with E-state index in [1.165, 1.54) is 0 Å². The molecule has 1 aliphatic carbocycles. The first-order valence-corrected chi connectivity index (χ1v) is 10.0. The Labute approximate surface area is 168 Å². The number of hydrogen-bond donors (Lipinski definition) is 2. The molecule has 4 rings (SSSR count). The molecule has 2 aromatic carbocycles. The lowest BCUT2D eigenvalue weighted by atomic mass is 9.92. The van der Waals surface area contributed by atoms with E-state index < -0.39 is 0 Å². The summed E-state index contributed by atoms with van der Waals surface area (Å²) in [6, 6.07) is 14.0. The van der Waals surface area contributed by atoms with Gasteiger partial charge in [0.25, 0.3) is 0 Å². The van der Waals surface area contributed by atoms with E-state index in [4.69, 9.17) is 0 Å². The number of allylic oxidation sites excluding steroid dienone is 2. The van der Waals surface area contributed by atoms with E-state index in [9.17, 15) is 15.0 Å². The second-order valence-electron chi connectivity index (χ2n) is 6.71. The summed E-state index contributed by atoms with van der Waals surface area (Å²) in [6.07, 6.45) is 3.51. The van der Waals surface area contributed by atoms with Crippen molar-refractivity contribution in [3.8, 4) is 0 Å². The molecule has 0 unspecified atom stereocenters. The first-order chi connectivity index (χ1) is 13.6. The lowest BCUT2D eigenvalue weighted by molar-refractivity contribution is -0.109. The number of nitrogens with zero attached hydrogens (tertiary/aromatic N) is 2. The van der Waals surface area contributed by atoms with Gasteiger partial charge in [-0.25, -0.2) is 0 Å². The van der Waals surface area contributed by atoms with Gasteiger partial charge in [-0.3, -0.25) is 4.79 Å². The molecule has 1 aliphatic heterocycles. The van der Waals surface area contributed by atoms with E-state index >= 15 is 0 Å². The number of aliphatic hydroxyl groups excluding tert-OH is 2. The summed E-state index contributed by atoms with van der Waals surface area (Å²) in [5.41, 5.74) is 4.73. The predicted molar refractivity (Wildman–Crippen MR) is 114 cm³/mol. The van der Waals surface area contributed by atoms with Gasteiger partial charge in [-0.05, 0) is 35.4 Å². The van der Waals surface area contributed by atoms with Crippen LogP contribution in [0.4, 0.5) is 11.4 Å². The summed E-state index contributed by atoms with van der Waals surface area (Å²) in [7, 11) is 1.98. The van der Waals surface area contributed by atoms with Crippen molar-refractivity contribution in [3.63, 3.8) is 0 Å². The van der Waals surface area contributed by atoms with Gasteiger partial charge in [0.15, 0.2) is 5.78 Å². The van der Waals surface area contributed by atoms with Gasteiger partial charge in [-0.2, -0.15) is 0 Å². The summed E-state index contributed by atoms with van der Waals surface area (Å²) >= 11 is 1.59. The molecule has 0 bridgehead atoms. The minimum absolute atomic E-state index is 0.0169. The number of aliphatic hydroxyl groups is 2. The van der Waals surface area contributed by atoms with Crippen LogP contribution in [-0.2, 0) is 4.79 Å². The Bertz CT molecular complexity index is 977. The van der Waals surface area contributed by atoms with Crippen LogP contribution >= 0.6 is 11.8 Å². The minimum atomic E-state index is 0.0169.